The number of hydrogen-bond acceptors (Lipinski definition) is 3. The maximum atomic E-state index is 12.3. The molecule has 102 valence electrons. The van der Waals surface area contributed by atoms with E-state index in [2.05, 4.69) is 21.8 Å². The molecule has 2 aliphatic heterocycles. The van der Waals surface area contributed by atoms with Crippen LogP contribution < -0.4 is 10.7 Å². The molecule has 2 heterocycles. The van der Waals surface area contributed by atoms with Crippen molar-refractivity contribution < 1.29 is 4.79 Å². The number of para-hydroxylation sites is 1. The van der Waals surface area contributed by atoms with Crippen molar-refractivity contribution in [1.29, 1.82) is 0 Å². The number of hydrazine groups is 1. The van der Waals surface area contributed by atoms with E-state index in [1.165, 1.54) is 24.8 Å². The minimum absolute atomic E-state index is 0.0931. The Kier molecular flexibility index (Phi) is 3.80. The molecule has 1 aromatic carbocycles. The van der Waals surface area contributed by atoms with Gasteiger partial charge in [0, 0.05) is 18.8 Å². The lowest BCUT2D eigenvalue weighted by Crippen LogP contribution is -2.51. The third kappa shape index (κ3) is 2.96. The summed E-state index contributed by atoms with van der Waals surface area (Å²) in [5.74, 6) is 0.0931. The summed E-state index contributed by atoms with van der Waals surface area (Å²) < 4.78 is 0. The first-order valence-corrected chi connectivity index (χ1v) is 7.23. The molecule has 1 amide bonds. The second-order valence-electron chi connectivity index (χ2n) is 5.41. The SMILES string of the molecule is O=C1Nc2ccccc2CCC1NN1CCCCC1. The van der Waals surface area contributed by atoms with Crippen molar-refractivity contribution in [1.82, 2.24) is 10.4 Å². The molecule has 1 aromatic rings. The van der Waals surface area contributed by atoms with Gasteiger partial charge in [-0.2, -0.15) is 0 Å². The molecule has 4 heteroatoms. The molecule has 0 aromatic heterocycles. The van der Waals surface area contributed by atoms with Crippen molar-refractivity contribution >= 4 is 11.6 Å². The number of amides is 1. The van der Waals surface area contributed by atoms with Gasteiger partial charge < -0.3 is 5.32 Å². The third-order valence-electron chi connectivity index (χ3n) is 3.99. The zero-order valence-corrected chi connectivity index (χ0v) is 11.2. The molecule has 1 unspecified atom stereocenters. The van der Waals surface area contributed by atoms with Crippen LogP contribution in [0.15, 0.2) is 24.3 Å². The standard InChI is InChI=1S/C15H21N3O/c19-15-14(17-18-10-4-1-5-11-18)9-8-12-6-2-3-7-13(12)16-15/h2-3,6-7,14,17H,1,4-5,8-11H2,(H,16,19). The Hall–Kier alpha value is -1.39. The van der Waals surface area contributed by atoms with Gasteiger partial charge in [-0.25, -0.2) is 10.4 Å². The number of piperidine rings is 1. The van der Waals surface area contributed by atoms with Gasteiger partial charge in [-0.05, 0) is 37.3 Å². The average Bonchev–Trinajstić information content (AvgIpc) is 2.60. The van der Waals surface area contributed by atoms with Crippen molar-refractivity contribution in [2.45, 2.75) is 38.1 Å². The third-order valence-corrected chi connectivity index (χ3v) is 3.99. The van der Waals surface area contributed by atoms with Crippen molar-refractivity contribution in [3.8, 4) is 0 Å². The molecule has 1 atom stereocenters. The van der Waals surface area contributed by atoms with E-state index < -0.39 is 0 Å². The van der Waals surface area contributed by atoms with Crippen LogP contribution in [0.2, 0.25) is 0 Å². The monoisotopic (exact) mass is 259 g/mol. The second-order valence-corrected chi connectivity index (χ2v) is 5.41. The lowest BCUT2D eigenvalue weighted by Gasteiger charge is -2.30. The molecule has 0 bridgehead atoms. The van der Waals surface area contributed by atoms with E-state index in [9.17, 15) is 4.79 Å². The number of nitrogens with one attached hydrogen (secondary N) is 2. The van der Waals surface area contributed by atoms with Gasteiger partial charge in [0.1, 0.15) is 6.04 Å². The van der Waals surface area contributed by atoms with Crippen LogP contribution in [0.3, 0.4) is 0 Å². The number of hydrogen-bond donors (Lipinski definition) is 2. The number of anilines is 1. The Balaban J connectivity index is 1.66. The number of benzene rings is 1. The molecule has 1 saturated heterocycles. The van der Waals surface area contributed by atoms with Gasteiger partial charge in [0.2, 0.25) is 5.91 Å². The molecular formula is C15H21N3O. The summed E-state index contributed by atoms with van der Waals surface area (Å²) in [6, 6.07) is 7.97. The van der Waals surface area contributed by atoms with Gasteiger partial charge in [-0.3, -0.25) is 4.79 Å². The van der Waals surface area contributed by atoms with Crippen LogP contribution in [0.25, 0.3) is 0 Å². The number of rotatable bonds is 2. The molecule has 2 aliphatic rings. The highest BCUT2D eigenvalue weighted by molar-refractivity contribution is 5.96. The van der Waals surface area contributed by atoms with E-state index >= 15 is 0 Å². The molecule has 3 rings (SSSR count). The van der Waals surface area contributed by atoms with Crippen LogP contribution in [0, 0.1) is 0 Å². The first kappa shape index (κ1) is 12.6. The van der Waals surface area contributed by atoms with Crippen LogP contribution in [0.5, 0.6) is 0 Å². The summed E-state index contributed by atoms with van der Waals surface area (Å²) in [7, 11) is 0. The molecule has 0 spiro atoms. The number of aryl methyl sites for hydroxylation is 1. The predicted octanol–water partition coefficient (Wildman–Crippen LogP) is 1.93. The van der Waals surface area contributed by atoms with Gasteiger partial charge in [-0.15, -0.1) is 0 Å². The van der Waals surface area contributed by atoms with Gasteiger partial charge in [0.15, 0.2) is 0 Å². The Morgan fingerprint density at radius 1 is 1.16 bits per heavy atom. The summed E-state index contributed by atoms with van der Waals surface area (Å²) in [4.78, 5) is 12.3. The molecular weight excluding hydrogens is 238 g/mol. The highest BCUT2D eigenvalue weighted by atomic mass is 16.2. The molecule has 4 nitrogen and oxygen atoms in total. The van der Waals surface area contributed by atoms with Crippen LogP contribution >= 0.6 is 0 Å². The summed E-state index contributed by atoms with van der Waals surface area (Å²) in [5.41, 5.74) is 5.61. The summed E-state index contributed by atoms with van der Waals surface area (Å²) >= 11 is 0. The topological polar surface area (TPSA) is 44.4 Å². The quantitative estimate of drug-likeness (QED) is 0.853. The number of carbonyl (C=O) groups is 1. The lowest BCUT2D eigenvalue weighted by molar-refractivity contribution is -0.119. The van der Waals surface area contributed by atoms with E-state index in [0.717, 1.165) is 31.6 Å². The number of nitrogens with zero attached hydrogens (tertiary/aromatic N) is 1. The molecule has 1 fully saturated rings. The van der Waals surface area contributed by atoms with E-state index in [1.807, 2.05) is 18.2 Å². The largest absolute Gasteiger partial charge is 0.324 e. The Labute approximate surface area is 114 Å². The Bertz CT molecular complexity index is 454. The summed E-state index contributed by atoms with van der Waals surface area (Å²) in [6.45, 7) is 2.10. The zero-order chi connectivity index (χ0) is 13.1. The van der Waals surface area contributed by atoms with Gasteiger partial charge in [0.05, 0.1) is 0 Å². The fourth-order valence-electron chi connectivity index (χ4n) is 2.88. The van der Waals surface area contributed by atoms with Crippen molar-refractivity contribution in [2.75, 3.05) is 18.4 Å². The molecule has 0 aliphatic carbocycles. The highest BCUT2D eigenvalue weighted by Gasteiger charge is 2.25. The Morgan fingerprint density at radius 2 is 1.95 bits per heavy atom. The minimum Gasteiger partial charge on any atom is -0.324 e. The van der Waals surface area contributed by atoms with Crippen molar-refractivity contribution in [3.05, 3.63) is 29.8 Å². The zero-order valence-electron chi connectivity index (χ0n) is 11.2. The van der Waals surface area contributed by atoms with Gasteiger partial charge >= 0.3 is 0 Å². The van der Waals surface area contributed by atoms with Crippen LogP contribution in [0.4, 0.5) is 5.69 Å². The van der Waals surface area contributed by atoms with Crippen molar-refractivity contribution in [2.24, 2.45) is 0 Å². The minimum atomic E-state index is -0.106. The fraction of sp³-hybridized carbons (Fsp3) is 0.533. The lowest BCUT2D eigenvalue weighted by atomic mass is 10.1. The smallest absolute Gasteiger partial charge is 0.242 e. The highest BCUT2D eigenvalue weighted by Crippen LogP contribution is 2.21. The first-order valence-electron chi connectivity index (χ1n) is 7.23. The van der Waals surface area contributed by atoms with Crippen LogP contribution in [-0.4, -0.2) is 30.0 Å². The Morgan fingerprint density at radius 3 is 2.79 bits per heavy atom. The normalized spacial score (nSPS) is 24.4. The maximum Gasteiger partial charge on any atom is 0.242 e. The number of fused-ring (bicyclic) bond motifs is 1. The maximum absolute atomic E-state index is 12.3. The van der Waals surface area contributed by atoms with E-state index in [1.54, 1.807) is 0 Å². The van der Waals surface area contributed by atoms with Crippen LogP contribution in [0.1, 0.15) is 31.2 Å². The fourth-order valence-corrected chi connectivity index (χ4v) is 2.88. The number of carbonyl (C=O) groups excluding carboxylic acids is 1. The van der Waals surface area contributed by atoms with E-state index in [4.69, 9.17) is 0 Å². The van der Waals surface area contributed by atoms with Crippen molar-refractivity contribution in [3.63, 3.8) is 0 Å². The molecule has 0 saturated carbocycles. The molecule has 19 heavy (non-hydrogen) atoms. The van der Waals surface area contributed by atoms with Crippen LogP contribution in [-0.2, 0) is 11.2 Å². The second kappa shape index (κ2) is 5.72. The predicted molar refractivity (Wildman–Crippen MR) is 75.7 cm³/mol. The summed E-state index contributed by atoms with van der Waals surface area (Å²) in [5, 5.41) is 5.25. The van der Waals surface area contributed by atoms with Gasteiger partial charge in [-0.1, -0.05) is 24.6 Å². The van der Waals surface area contributed by atoms with Gasteiger partial charge in [0.25, 0.3) is 0 Å². The summed E-state index contributed by atoms with van der Waals surface area (Å²) in [6.07, 6.45) is 5.56. The van der Waals surface area contributed by atoms with E-state index in [0.29, 0.717) is 0 Å². The van der Waals surface area contributed by atoms with E-state index in [-0.39, 0.29) is 11.9 Å². The first-order chi connectivity index (χ1) is 9.33. The average molecular weight is 259 g/mol. The molecule has 2 N–H and O–H groups in total. The molecule has 0 radical (unpaired) electrons.